The van der Waals surface area contributed by atoms with Crippen molar-refractivity contribution < 1.29 is 0 Å². The zero-order valence-corrected chi connectivity index (χ0v) is 11.7. The van der Waals surface area contributed by atoms with E-state index < -0.39 is 0 Å². The average Bonchev–Trinajstić information content (AvgIpc) is 2.25. The van der Waals surface area contributed by atoms with Gasteiger partial charge in [-0.15, -0.1) is 12.3 Å². The van der Waals surface area contributed by atoms with Crippen molar-refractivity contribution >= 4 is 46.4 Å². The first-order valence-electron chi connectivity index (χ1n) is 4.79. The van der Waals surface area contributed by atoms with Gasteiger partial charge in [-0.1, -0.05) is 53.3 Å². The molecule has 0 nitrogen and oxygen atoms in total. The summed E-state index contributed by atoms with van der Waals surface area (Å²) < 4.78 is 0. The van der Waals surface area contributed by atoms with Gasteiger partial charge < -0.3 is 0 Å². The van der Waals surface area contributed by atoms with Crippen molar-refractivity contribution in [3.8, 4) is 12.3 Å². The Labute approximate surface area is 116 Å². The second-order valence-corrected chi connectivity index (χ2v) is 4.97. The standard InChI is InChI=1S/C12H10Cl4/c1-3-5-7(4-2)10-11(15)8(13)6-9(14)12(10)16/h1,6-7H,4-5H2,2H3. The van der Waals surface area contributed by atoms with E-state index in [2.05, 4.69) is 5.92 Å². The number of halogens is 4. The smallest absolute Gasteiger partial charge is 0.0643 e. The summed E-state index contributed by atoms with van der Waals surface area (Å²) in [5.74, 6) is 2.69. The highest BCUT2D eigenvalue weighted by atomic mass is 35.5. The number of hydrogen-bond acceptors (Lipinski definition) is 0. The van der Waals surface area contributed by atoms with Crippen LogP contribution in [-0.2, 0) is 0 Å². The minimum Gasteiger partial charge on any atom is -0.120 e. The first kappa shape index (κ1) is 14.0. The highest BCUT2D eigenvalue weighted by molar-refractivity contribution is 6.48. The van der Waals surface area contributed by atoms with E-state index in [1.165, 1.54) is 0 Å². The second-order valence-electron chi connectivity index (χ2n) is 3.40. The minimum atomic E-state index is 0.0844. The first-order chi connectivity index (χ1) is 7.52. The molecule has 1 unspecified atom stereocenters. The molecule has 0 aliphatic heterocycles. The van der Waals surface area contributed by atoms with Crippen LogP contribution in [0.1, 0.15) is 31.2 Å². The summed E-state index contributed by atoms with van der Waals surface area (Å²) in [7, 11) is 0. The molecule has 0 heterocycles. The van der Waals surface area contributed by atoms with Crippen LogP contribution in [-0.4, -0.2) is 0 Å². The van der Waals surface area contributed by atoms with Crippen molar-refractivity contribution in [3.05, 3.63) is 31.7 Å². The van der Waals surface area contributed by atoms with Crippen LogP contribution in [0.4, 0.5) is 0 Å². The molecule has 4 heteroatoms. The average molecular weight is 296 g/mol. The summed E-state index contributed by atoms with van der Waals surface area (Å²) in [5, 5.41) is 1.69. The van der Waals surface area contributed by atoms with Gasteiger partial charge in [-0.3, -0.25) is 0 Å². The lowest BCUT2D eigenvalue weighted by molar-refractivity contribution is 0.685. The largest absolute Gasteiger partial charge is 0.120 e. The fraction of sp³-hybridized carbons (Fsp3) is 0.333. The summed E-state index contributed by atoms with van der Waals surface area (Å²) in [6, 6.07) is 1.54. The predicted octanol–water partition coefficient (Wildman–Crippen LogP) is 5.82. The Hall–Kier alpha value is -0.0600. The molecule has 0 aliphatic rings. The van der Waals surface area contributed by atoms with Crippen LogP contribution < -0.4 is 0 Å². The second kappa shape index (κ2) is 6.03. The van der Waals surface area contributed by atoms with Gasteiger partial charge >= 0.3 is 0 Å². The zero-order chi connectivity index (χ0) is 12.3. The Balaban J connectivity index is 3.36. The van der Waals surface area contributed by atoms with Gasteiger partial charge in [0.25, 0.3) is 0 Å². The van der Waals surface area contributed by atoms with Crippen molar-refractivity contribution in [2.75, 3.05) is 0 Å². The SMILES string of the molecule is C#CCC(CC)c1c(Cl)c(Cl)cc(Cl)c1Cl. The third-order valence-corrected chi connectivity index (χ3v) is 4.02. The molecule has 16 heavy (non-hydrogen) atoms. The zero-order valence-electron chi connectivity index (χ0n) is 8.66. The molecule has 1 aromatic rings. The van der Waals surface area contributed by atoms with Crippen LogP contribution in [0.2, 0.25) is 20.1 Å². The Bertz CT molecular complexity index is 405. The maximum absolute atomic E-state index is 6.14. The molecule has 86 valence electrons. The van der Waals surface area contributed by atoms with Crippen LogP contribution in [0.15, 0.2) is 6.07 Å². The van der Waals surface area contributed by atoms with E-state index in [9.17, 15) is 0 Å². The summed E-state index contributed by atoms with van der Waals surface area (Å²) in [6.45, 7) is 2.02. The van der Waals surface area contributed by atoms with Crippen LogP contribution >= 0.6 is 46.4 Å². The third-order valence-electron chi connectivity index (χ3n) is 2.41. The fourth-order valence-electron chi connectivity index (χ4n) is 1.54. The molecule has 0 radical (unpaired) electrons. The minimum absolute atomic E-state index is 0.0844. The molecule has 0 saturated heterocycles. The van der Waals surface area contributed by atoms with Crippen LogP contribution in [0, 0.1) is 12.3 Å². The lowest BCUT2D eigenvalue weighted by Crippen LogP contribution is -1.99. The fourth-order valence-corrected chi connectivity index (χ4v) is 2.68. The number of terminal acetylenes is 1. The van der Waals surface area contributed by atoms with Crippen molar-refractivity contribution in [1.29, 1.82) is 0 Å². The highest BCUT2D eigenvalue weighted by Crippen LogP contribution is 2.42. The van der Waals surface area contributed by atoms with Crippen molar-refractivity contribution in [2.45, 2.75) is 25.7 Å². The number of hydrogen-bond donors (Lipinski definition) is 0. The predicted molar refractivity (Wildman–Crippen MR) is 73.0 cm³/mol. The van der Waals surface area contributed by atoms with Crippen molar-refractivity contribution in [3.63, 3.8) is 0 Å². The molecular weight excluding hydrogens is 286 g/mol. The van der Waals surface area contributed by atoms with Gasteiger partial charge in [0.1, 0.15) is 0 Å². The molecule has 0 aromatic heterocycles. The lowest BCUT2D eigenvalue weighted by Gasteiger charge is -2.17. The van der Waals surface area contributed by atoms with Gasteiger partial charge in [0, 0.05) is 6.42 Å². The molecular formula is C12H10Cl4. The molecule has 1 atom stereocenters. The molecule has 0 N–H and O–H groups in total. The van der Waals surface area contributed by atoms with Gasteiger partial charge in [-0.05, 0) is 24.0 Å². The topological polar surface area (TPSA) is 0 Å². The molecule has 0 aliphatic carbocycles. The van der Waals surface area contributed by atoms with E-state index in [-0.39, 0.29) is 5.92 Å². The Kier molecular flexibility index (Phi) is 5.28. The normalized spacial score (nSPS) is 12.2. The molecule has 0 spiro atoms. The van der Waals surface area contributed by atoms with Crippen LogP contribution in [0.5, 0.6) is 0 Å². The van der Waals surface area contributed by atoms with E-state index in [1.54, 1.807) is 6.07 Å². The number of rotatable bonds is 3. The lowest BCUT2D eigenvalue weighted by atomic mass is 9.93. The molecule has 0 saturated carbocycles. The van der Waals surface area contributed by atoms with Crippen LogP contribution in [0.25, 0.3) is 0 Å². The van der Waals surface area contributed by atoms with E-state index in [4.69, 9.17) is 52.8 Å². The van der Waals surface area contributed by atoms with E-state index >= 15 is 0 Å². The van der Waals surface area contributed by atoms with Crippen molar-refractivity contribution in [1.82, 2.24) is 0 Å². The Morgan fingerprint density at radius 2 is 1.69 bits per heavy atom. The number of benzene rings is 1. The van der Waals surface area contributed by atoms with Crippen molar-refractivity contribution in [2.24, 2.45) is 0 Å². The summed E-state index contributed by atoms with van der Waals surface area (Å²) in [5.41, 5.74) is 0.751. The molecule has 1 rings (SSSR count). The van der Waals surface area contributed by atoms with Gasteiger partial charge in [0.05, 0.1) is 20.1 Å². The Morgan fingerprint density at radius 1 is 1.19 bits per heavy atom. The van der Waals surface area contributed by atoms with Crippen LogP contribution in [0.3, 0.4) is 0 Å². The van der Waals surface area contributed by atoms with Gasteiger partial charge in [-0.2, -0.15) is 0 Å². The van der Waals surface area contributed by atoms with Gasteiger partial charge in [-0.25, -0.2) is 0 Å². The highest BCUT2D eigenvalue weighted by Gasteiger charge is 2.20. The van der Waals surface area contributed by atoms with E-state index in [0.29, 0.717) is 26.5 Å². The summed E-state index contributed by atoms with van der Waals surface area (Å²) in [4.78, 5) is 0. The maximum atomic E-state index is 6.14. The molecule has 1 aromatic carbocycles. The monoisotopic (exact) mass is 294 g/mol. The Morgan fingerprint density at radius 3 is 2.06 bits per heavy atom. The van der Waals surface area contributed by atoms with E-state index in [0.717, 1.165) is 12.0 Å². The molecule has 0 amide bonds. The van der Waals surface area contributed by atoms with Gasteiger partial charge in [0.2, 0.25) is 0 Å². The summed E-state index contributed by atoms with van der Waals surface area (Å²) >= 11 is 24.2. The third kappa shape index (κ3) is 2.79. The summed E-state index contributed by atoms with van der Waals surface area (Å²) in [6.07, 6.45) is 6.71. The van der Waals surface area contributed by atoms with E-state index in [1.807, 2.05) is 6.92 Å². The maximum Gasteiger partial charge on any atom is 0.0643 e. The first-order valence-corrected chi connectivity index (χ1v) is 6.30. The van der Waals surface area contributed by atoms with Gasteiger partial charge in [0.15, 0.2) is 0 Å². The quantitative estimate of drug-likeness (QED) is 0.487. The molecule has 0 bridgehead atoms. The molecule has 0 fully saturated rings.